The van der Waals surface area contributed by atoms with Gasteiger partial charge in [-0.1, -0.05) is 45.9 Å². The van der Waals surface area contributed by atoms with Gasteiger partial charge in [0, 0.05) is 9.61 Å². The summed E-state index contributed by atoms with van der Waals surface area (Å²) in [4.78, 5) is 12.9. The quantitative estimate of drug-likeness (QED) is 0.535. The lowest BCUT2D eigenvalue weighted by molar-refractivity contribution is -0.121. The van der Waals surface area contributed by atoms with Crippen molar-refractivity contribution in [1.29, 1.82) is 0 Å². The van der Waals surface area contributed by atoms with Crippen molar-refractivity contribution in [2.45, 2.75) is 38.6 Å². The molecule has 0 heterocycles. The molecule has 1 amide bonds. The molecule has 0 saturated carbocycles. The van der Waals surface area contributed by atoms with E-state index in [9.17, 15) is 13.2 Å². The average molecular weight is 514 g/mol. The van der Waals surface area contributed by atoms with Crippen LogP contribution in [0.3, 0.4) is 0 Å². The topological polar surface area (TPSA) is 66.5 Å². The number of rotatable bonds is 8. The monoisotopic (exact) mass is 514 g/mol. The first-order valence-electron chi connectivity index (χ1n) is 9.25. The van der Waals surface area contributed by atoms with Crippen LogP contribution in [-0.4, -0.2) is 26.9 Å². The number of carbonyl (C=O) groups is 1. The summed E-state index contributed by atoms with van der Waals surface area (Å²) in [6.45, 7) is 7.91. The van der Waals surface area contributed by atoms with E-state index in [1.165, 1.54) is 16.4 Å². The maximum Gasteiger partial charge on any atom is 0.264 e. The van der Waals surface area contributed by atoms with Gasteiger partial charge in [-0.05, 0) is 70.8 Å². The average Bonchev–Trinajstić information content (AvgIpc) is 2.65. The molecule has 7 heteroatoms. The van der Waals surface area contributed by atoms with Gasteiger partial charge in [0.2, 0.25) is 5.91 Å². The van der Waals surface area contributed by atoms with Crippen LogP contribution in [0.4, 0.5) is 5.69 Å². The van der Waals surface area contributed by atoms with Crippen molar-refractivity contribution in [2.24, 2.45) is 11.8 Å². The highest BCUT2D eigenvalue weighted by molar-refractivity contribution is 14.1. The van der Waals surface area contributed by atoms with Crippen molar-refractivity contribution in [1.82, 2.24) is 5.32 Å². The minimum absolute atomic E-state index is 0.0227. The Bertz CT molecular complexity index is 874. The molecule has 0 saturated heterocycles. The third-order valence-corrected chi connectivity index (χ3v) is 7.00. The number of halogens is 1. The maximum atomic E-state index is 13.3. The van der Waals surface area contributed by atoms with Crippen LogP contribution in [0.25, 0.3) is 0 Å². The van der Waals surface area contributed by atoms with Gasteiger partial charge in [-0.15, -0.1) is 0 Å². The third-order valence-electron chi connectivity index (χ3n) is 4.50. The number of nitrogens with one attached hydrogen (secondary N) is 1. The summed E-state index contributed by atoms with van der Waals surface area (Å²) in [5.74, 6) is 0.188. The van der Waals surface area contributed by atoms with E-state index < -0.39 is 10.0 Å². The minimum atomic E-state index is -3.87. The Morgan fingerprint density at radius 1 is 0.964 bits per heavy atom. The molecule has 0 atom stereocenters. The van der Waals surface area contributed by atoms with Crippen LogP contribution in [0.5, 0.6) is 0 Å². The van der Waals surface area contributed by atoms with Crippen LogP contribution >= 0.6 is 22.6 Å². The predicted molar refractivity (Wildman–Crippen MR) is 122 cm³/mol. The number of nitrogens with zero attached hydrogens (tertiary/aromatic N) is 1. The van der Waals surface area contributed by atoms with Crippen molar-refractivity contribution in [3.8, 4) is 0 Å². The van der Waals surface area contributed by atoms with E-state index >= 15 is 0 Å². The van der Waals surface area contributed by atoms with Gasteiger partial charge < -0.3 is 5.32 Å². The largest absolute Gasteiger partial charge is 0.351 e. The number of hydrogen-bond donors (Lipinski definition) is 1. The first-order valence-corrected chi connectivity index (χ1v) is 11.8. The van der Waals surface area contributed by atoms with Gasteiger partial charge in [0.25, 0.3) is 10.0 Å². The van der Waals surface area contributed by atoms with Crippen LogP contribution in [0, 0.1) is 15.4 Å². The van der Waals surface area contributed by atoms with Gasteiger partial charge in [0.15, 0.2) is 0 Å². The van der Waals surface area contributed by atoms with E-state index in [4.69, 9.17) is 0 Å². The fraction of sp³-hybridized carbons (Fsp3) is 0.381. The summed E-state index contributed by atoms with van der Waals surface area (Å²) >= 11 is 2.16. The van der Waals surface area contributed by atoms with Gasteiger partial charge in [0.05, 0.1) is 10.6 Å². The second-order valence-electron chi connectivity index (χ2n) is 7.38. The Morgan fingerprint density at radius 3 is 2.00 bits per heavy atom. The standard InChI is InChI=1S/C21H27IN2O3S/c1-15(2)21(16(3)4)23-20(25)14-24(18-12-10-17(22)11-13-18)28(26,27)19-8-6-5-7-9-19/h5-13,15-16,21H,14H2,1-4H3,(H,23,25). The SMILES string of the molecule is CC(C)C(NC(=O)CN(c1ccc(I)cc1)S(=O)(=O)c1ccccc1)C(C)C. The molecule has 0 radical (unpaired) electrons. The molecule has 0 fully saturated rings. The van der Waals surface area contributed by atoms with Crippen LogP contribution < -0.4 is 9.62 Å². The summed E-state index contributed by atoms with van der Waals surface area (Å²) in [6.07, 6.45) is 0. The van der Waals surface area contributed by atoms with Gasteiger partial charge in [-0.2, -0.15) is 0 Å². The molecule has 0 aliphatic carbocycles. The second kappa shape index (κ2) is 9.73. The zero-order valence-electron chi connectivity index (χ0n) is 16.6. The summed E-state index contributed by atoms with van der Waals surface area (Å²) in [5.41, 5.74) is 0.463. The lowest BCUT2D eigenvalue weighted by Crippen LogP contribution is -2.47. The van der Waals surface area contributed by atoms with Gasteiger partial charge in [-0.25, -0.2) is 8.42 Å². The first-order chi connectivity index (χ1) is 13.1. The first kappa shape index (κ1) is 22.7. The molecule has 0 bridgehead atoms. The number of anilines is 1. The highest BCUT2D eigenvalue weighted by Gasteiger charge is 2.28. The summed E-state index contributed by atoms with van der Waals surface area (Å²) in [6, 6.07) is 15.3. The highest BCUT2D eigenvalue weighted by atomic mass is 127. The van der Waals surface area contributed by atoms with Crippen molar-refractivity contribution in [2.75, 3.05) is 10.8 Å². The molecule has 1 N–H and O–H groups in total. The van der Waals surface area contributed by atoms with E-state index in [1.54, 1.807) is 30.3 Å². The maximum absolute atomic E-state index is 13.3. The molecule has 2 aromatic carbocycles. The van der Waals surface area contributed by atoms with E-state index in [0.29, 0.717) is 5.69 Å². The van der Waals surface area contributed by atoms with Crippen LogP contribution in [0.15, 0.2) is 59.5 Å². The van der Waals surface area contributed by atoms with E-state index in [2.05, 4.69) is 27.9 Å². The van der Waals surface area contributed by atoms with Gasteiger partial charge >= 0.3 is 0 Å². The Labute approximate surface area is 181 Å². The number of sulfonamides is 1. The zero-order chi connectivity index (χ0) is 20.9. The molecule has 0 aromatic heterocycles. The normalized spacial score (nSPS) is 11.9. The predicted octanol–water partition coefficient (Wildman–Crippen LogP) is 4.28. The molecular formula is C21H27IN2O3S. The Hall–Kier alpha value is -1.61. The number of amides is 1. The number of carbonyl (C=O) groups excluding carboxylic acids is 1. The van der Waals surface area contributed by atoms with E-state index in [1.807, 2.05) is 39.8 Å². The van der Waals surface area contributed by atoms with Crippen molar-refractivity contribution < 1.29 is 13.2 Å². The lowest BCUT2D eigenvalue weighted by atomic mass is 9.93. The van der Waals surface area contributed by atoms with Crippen LogP contribution in [-0.2, 0) is 14.8 Å². The number of hydrogen-bond acceptors (Lipinski definition) is 3. The van der Waals surface area contributed by atoms with E-state index in [0.717, 1.165) is 3.57 Å². The zero-order valence-corrected chi connectivity index (χ0v) is 19.6. The summed E-state index contributed by atoms with van der Waals surface area (Å²) in [5, 5.41) is 3.00. The summed E-state index contributed by atoms with van der Waals surface area (Å²) in [7, 11) is -3.87. The van der Waals surface area contributed by atoms with Crippen molar-refractivity contribution in [3.63, 3.8) is 0 Å². The molecule has 0 aliphatic rings. The lowest BCUT2D eigenvalue weighted by Gasteiger charge is -2.29. The van der Waals surface area contributed by atoms with Crippen molar-refractivity contribution >= 4 is 44.2 Å². The van der Waals surface area contributed by atoms with Crippen molar-refractivity contribution in [3.05, 3.63) is 58.2 Å². The van der Waals surface area contributed by atoms with Gasteiger partial charge in [-0.3, -0.25) is 9.10 Å². The van der Waals surface area contributed by atoms with Crippen LogP contribution in [0.2, 0.25) is 0 Å². The third kappa shape index (κ3) is 5.70. The smallest absolute Gasteiger partial charge is 0.264 e. The molecule has 5 nitrogen and oxygen atoms in total. The summed E-state index contributed by atoms with van der Waals surface area (Å²) < 4.78 is 28.7. The molecule has 0 aliphatic heterocycles. The number of benzene rings is 2. The molecule has 28 heavy (non-hydrogen) atoms. The van der Waals surface area contributed by atoms with E-state index in [-0.39, 0.29) is 35.2 Å². The van der Waals surface area contributed by atoms with Crippen LogP contribution in [0.1, 0.15) is 27.7 Å². The molecule has 0 unspecified atom stereocenters. The molecular weight excluding hydrogens is 487 g/mol. The fourth-order valence-corrected chi connectivity index (χ4v) is 4.91. The molecule has 0 spiro atoms. The molecule has 2 aromatic rings. The second-order valence-corrected chi connectivity index (χ2v) is 10.5. The Kier molecular flexibility index (Phi) is 7.88. The minimum Gasteiger partial charge on any atom is -0.351 e. The Morgan fingerprint density at radius 2 is 1.50 bits per heavy atom. The Balaban J connectivity index is 2.37. The molecule has 152 valence electrons. The molecule has 2 rings (SSSR count). The fourth-order valence-electron chi connectivity index (χ4n) is 3.11. The van der Waals surface area contributed by atoms with Gasteiger partial charge in [0.1, 0.15) is 6.54 Å². The highest BCUT2D eigenvalue weighted by Crippen LogP contribution is 2.24.